The minimum absolute atomic E-state index is 0.103. The SMILES string of the molecule is CCNC(c1ccc(OC)c(F)c1)c1cccc(Cl)c1C. The van der Waals surface area contributed by atoms with Crippen molar-refractivity contribution in [2.45, 2.75) is 19.9 Å². The summed E-state index contributed by atoms with van der Waals surface area (Å²) in [5, 5.41) is 4.09. The summed E-state index contributed by atoms with van der Waals surface area (Å²) in [6.45, 7) is 4.76. The minimum Gasteiger partial charge on any atom is -0.494 e. The molecule has 1 N–H and O–H groups in total. The quantitative estimate of drug-likeness (QED) is 0.878. The number of benzene rings is 2. The first kappa shape index (κ1) is 15.8. The van der Waals surface area contributed by atoms with E-state index in [9.17, 15) is 4.39 Å². The van der Waals surface area contributed by atoms with Crippen molar-refractivity contribution < 1.29 is 9.13 Å². The molecule has 0 saturated heterocycles. The molecule has 1 atom stereocenters. The molecular weight excluding hydrogens is 289 g/mol. The molecule has 2 rings (SSSR count). The van der Waals surface area contributed by atoms with Gasteiger partial charge in [0.25, 0.3) is 0 Å². The molecule has 0 aliphatic heterocycles. The van der Waals surface area contributed by atoms with Gasteiger partial charge in [-0.25, -0.2) is 4.39 Å². The molecule has 0 radical (unpaired) electrons. The van der Waals surface area contributed by atoms with E-state index in [1.165, 1.54) is 13.2 Å². The second-order valence-electron chi connectivity index (χ2n) is 4.84. The Morgan fingerprint density at radius 3 is 2.67 bits per heavy atom. The Balaban J connectivity index is 2.48. The molecule has 0 heterocycles. The van der Waals surface area contributed by atoms with Crippen LogP contribution in [-0.4, -0.2) is 13.7 Å². The molecule has 0 fully saturated rings. The molecule has 2 aromatic carbocycles. The van der Waals surface area contributed by atoms with Gasteiger partial charge in [-0.05, 0) is 48.4 Å². The fourth-order valence-corrected chi connectivity index (χ4v) is 2.59. The van der Waals surface area contributed by atoms with Gasteiger partial charge in [0.2, 0.25) is 0 Å². The minimum atomic E-state index is -0.363. The van der Waals surface area contributed by atoms with Crippen LogP contribution >= 0.6 is 11.6 Å². The maximum atomic E-state index is 14.0. The van der Waals surface area contributed by atoms with Crippen molar-refractivity contribution >= 4 is 11.6 Å². The molecule has 0 amide bonds. The summed E-state index contributed by atoms with van der Waals surface area (Å²) in [6, 6.07) is 10.7. The van der Waals surface area contributed by atoms with E-state index in [1.807, 2.05) is 38.1 Å². The highest BCUT2D eigenvalue weighted by molar-refractivity contribution is 6.31. The Labute approximate surface area is 129 Å². The number of rotatable bonds is 5. The van der Waals surface area contributed by atoms with Crippen LogP contribution in [0.15, 0.2) is 36.4 Å². The Bertz CT molecular complexity index is 630. The monoisotopic (exact) mass is 307 g/mol. The van der Waals surface area contributed by atoms with Gasteiger partial charge in [-0.15, -0.1) is 0 Å². The highest BCUT2D eigenvalue weighted by Gasteiger charge is 2.18. The maximum absolute atomic E-state index is 14.0. The van der Waals surface area contributed by atoms with Crippen molar-refractivity contribution in [2.75, 3.05) is 13.7 Å². The van der Waals surface area contributed by atoms with E-state index in [1.54, 1.807) is 6.07 Å². The van der Waals surface area contributed by atoms with Gasteiger partial charge in [0.15, 0.2) is 11.6 Å². The Hall–Kier alpha value is -1.58. The van der Waals surface area contributed by atoms with Gasteiger partial charge in [0.1, 0.15) is 0 Å². The lowest BCUT2D eigenvalue weighted by molar-refractivity contribution is 0.385. The topological polar surface area (TPSA) is 21.3 Å². The Morgan fingerprint density at radius 2 is 2.05 bits per heavy atom. The van der Waals surface area contributed by atoms with Crippen molar-refractivity contribution in [2.24, 2.45) is 0 Å². The molecule has 2 aromatic rings. The van der Waals surface area contributed by atoms with E-state index >= 15 is 0 Å². The van der Waals surface area contributed by atoms with Crippen LogP contribution in [0.5, 0.6) is 5.75 Å². The molecule has 0 aliphatic carbocycles. The number of methoxy groups -OCH3 is 1. The number of hydrogen-bond donors (Lipinski definition) is 1. The molecule has 0 spiro atoms. The van der Waals surface area contributed by atoms with Crippen LogP contribution in [0.4, 0.5) is 4.39 Å². The second-order valence-corrected chi connectivity index (χ2v) is 5.25. The molecule has 0 saturated carbocycles. The predicted molar refractivity (Wildman–Crippen MR) is 84.7 cm³/mol. The van der Waals surface area contributed by atoms with Crippen molar-refractivity contribution in [3.63, 3.8) is 0 Å². The maximum Gasteiger partial charge on any atom is 0.165 e. The first-order chi connectivity index (χ1) is 10.1. The third-order valence-corrected chi connectivity index (χ3v) is 3.95. The fourth-order valence-electron chi connectivity index (χ4n) is 2.41. The summed E-state index contributed by atoms with van der Waals surface area (Å²) in [4.78, 5) is 0. The van der Waals surface area contributed by atoms with Crippen molar-refractivity contribution in [1.29, 1.82) is 0 Å². The second kappa shape index (κ2) is 6.92. The molecule has 0 aromatic heterocycles. The zero-order valence-corrected chi connectivity index (χ0v) is 13.2. The van der Waals surface area contributed by atoms with Gasteiger partial charge in [-0.2, -0.15) is 0 Å². The Kier molecular flexibility index (Phi) is 5.21. The average molecular weight is 308 g/mol. The molecular formula is C17H19ClFNO. The predicted octanol–water partition coefficient (Wildman–Crippen LogP) is 4.50. The van der Waals surface area contributed by atoms with Gasteiger partial charge in [0, 0.05) is 5.02 Å². The standard InChI is InChI=1S/C17H19ClFNO/c1-4-20-17(13-6-5-7-14(18)11(13)2)12-8-9-16(21-3)15(19)10-12/h5-10,17,20H,4H2,1-3H3. The van der Waals surface area contributed by atoms with Crippen LogP contribution in [0.3, 0.4) is 0 Å². The third kappa shape index (κ3) is 3.36. The lowest BCUT2D eigenvalue weighted by atomic mass is 9.94. The van der Waals surface area contributed by atoms with Crippen molar-refractivity contribution in [1.82, 2.24) is 5.32 Å². The van der Waals surface area contributed by atoms with E-state index in [0.29, 0.717) is 5.02 Å². The summed E-state index contributed by atoms with van der Waals surface area (Å²) >= 11 is 6.20. The zero-order chi connectivity index (χ0) is 15.4. The van der Waals surface area contributed by atoms with Crippen LogP contribution in [0.1, 0.15) is 29.7 Å². The van der Waals surface area contributed by atoms with Gasteiger partial charge in [-0.1, -0.05) is 36.7 Å². The first-order valence-electron chi connectivity index (χ1n) is 6.90. The fraction of sp³-hybridized carbons (Fsp3) is 0.294. The molecule has 2 nitrogen and oxygen atoms in total. The van der Waals surface area contributed by atoms with Gasteiger partial charge >= 0.3 is 0 Å². The summed E-state index contributed by atoms with van der Waals surface area (Å²) < 4.78 is 18.9. The number of nitrogens with one attached hydrogen (secondary N) is 1. The number of ether oxygens (including phenoxy) is 1. The molecule has 0 bridgehead atoms. The zero-order valence-electron chi connectivity index (χ0n) is 12.4. The highest BCUT2D eigenvalue weighted by Crippen LogP contribution is 2.30. The Morgan fingerprint density at radius 1 is 1.29 bits per heavy atom. The highest BCUT2D eigenvalue weighted by atomic mass is 35.5. The summed E-state index contributed by atoms with van der Waals surface area (Å²) in [7, 11) is 1.46. The lowest BCUT2D eigenvalue weighted by Gasteiger charge is -2.22. The van der Waals surface area contributed by atoms with Crippen LogP contribution < -0.4 is 10.1 Å². The van der Waals surface area contributed by atoms with E-state index in [0.717, 1.165) is 23.2 Å². The molecule has 1 unspecified atom stereocenters. The van der Waals surface area contributed by atoms with E-state index in [2.05, 4.69) is 5.32 Å². The van der Waals surface area contributed by atoms with E-state index < -0.39 is 0 Å². The van der Waals surface area contributed by atoms with Gasteiger partial charge < -0.3 is 10.1 Å². The van der Waals surface area contributed by atoms with Crippen molar-refractivity contribution in [3.8, 4) is 5.75 Å². The van der Waals surface area contributed by atoms with E-state index in [4.69, 9.17) is 16.3 Å². The van der Waals surface area contributed by atoms with Crippen LogP contribution in [0.25, 0.3) is 0 Å². The van der Waals surface area contributed by atoms with Crippen LogP contribution in [-0.2, 0) is 0 Å². The molecule has 21 heavy (non-hydrogen) atoms. The lowest BCUT2D eigenvalue weighted by Crippen LogP contribution is -2.23. The first-order valence-corrected chi connectivity index (χ1v) is 7.28. The smallest absolute Gasteiger partial charge is 0.165 e. The molecule has 112 valence electrons. The molecule has 0 aliphatic rings. The van der Waals surface area contributed by atoms with E-state index in [-0.39, 0.29) is 17.6 Å². The normalized spacial score (nSPS) is 12.2. The summed E-state index contributed by atoms with van der Waals surface area (Å²) in [5.41, 5.74) is 2.90. The summed E-state index contributed by atoms with van der Waals surface area (Å²) in [6.07, 6.45) is 0. The average Bonchev–Trinajstić information content (AvgIpc) is 2.48. The third-order valence-electron chi connectivity index (χ3n) is 3.54. The van der Waals surface area contributed by atoms with Gasteiger partial charge in [-0.3, -0.25) is 0 Å². The van der Waals surface area contributed by atoms with Crippen molar-refractivity contribution in [3.05, 3.63) is 63.9 Å². The van der Waals surface area contributed by atoms with Crippen LogP contribution in [0, 0.1) is 12.7 Å². The number of halogens is 2. The largest absolute Gasteiger partial charge is 0.494 e. The van der Waals surface area contributed by atoms with Crippen LogP contribution in [0.2, 0.25) is 5.02 Å². The summed E-state index contributed by atoms with van der Waals surface area (Å²) in [5.74, 6) is -0.116. The van der Waals surface area contributed by atoms with Gasteiger partial charge in [0.05, 0.1) is 13.2 Å². The number of hydrogen-bond acceptors (Lipinski definition) is 2. The molecule has 4 heteroatoms.